The Morgan fingerprint density at radius 2 is 1.92 bits per heavy atom. The van der Waals surface area contributed by atoms with Crippen molar-refractivity contribution < 1.29 is 14.3 Å². The molecular formula is C19H25N3O3. The molecular weight excluding hydrogens is 318 g/mol. The van der Waals surface area contributed by atoms with Crippen molar-refractivity contribution in [3.63, 3.8) is 0 Å². The average Bonchev–Trinajstić information content (AvgIpc) is 3.30. The van der Waals surface area contributed by atoms with Crippen molar-refractivity contribution in [1.82, 2.24) is 14.5 Å². The number of para-hydroxylation sites is 2. The van der Waals surface area contributed by atoms with E-state index in [1.165, 1.54) is 0 Å². The predicted octanol–water partition coefficient (Wildman–Crippen LogP) is 2.21. The van der Waals surface area contributed by atoms with Crippen molar-refractivity contribution in [2.75, 3.05) is 26.3 Å². The Hall–Kier alpha value is -1.92. The number of aryl methyl sites for hydroxylation is 1. The summed E-state index contributed by atoms with van der Waals surface area (Å²) >= 11 is 0. The van der Waals surface area contributed by atoms with Crippen molar-refractivity contribution in [2.45, 2.75) is 39.0 Å². The molecule has 1 amide bonds. The fourth-order valence-corrected chi connectivity index (χ4v) is 3.88. The number of fused-ring (bicyclic) bond motifs is 1. The molecule has 0 spiro atoms. The molecule has 2 aromatic rings. The highest BCUT2D eigenvalue weighted by Crippen LogP contribution is 2.26. The molecule has 2 saturated heterocycles. The summed E-state index contributed by atoms with van der Waals surface area (Å²) in [6.45, 7) is 5.39. The lowest BCUT2D eigenvalue weighted by molar-refractivity contribution is -0.137. The fourth-order valence-electron chi connectivity index (χ4n) is 3.88. The van der Waals surface area contributed by atoms with Gasteiger partial charge in [-0.05, 0) is 25.0 Å². The first-order valence-electron chi connectivity index (χ1n) is 9.21. The number of nitrogens with zero attached hydrogens (tertiary/aromatic N) is 3. The smallest absolute Gasteiger partial charge is 0.242 e. The number of carbonyl (C=O) groups is 1. The highest BCUT2D eigenvalue weighted by atomic mass is 16.7. The van der Waals surface area contributed by atoms with E-state index in [1.54, 1.807) is 0 Å². The lowest BCUT2D eigenvalue weighted by Gasteiger charge is -2.34. The first-order chi connectivity index (χ1) is 12.3. The van der Waals surface area contributed by atoms with Crippen LogP contribution in [0, 0.1) is 5.92 Å². The highest BCUT2D eigenvalue weighted by molar-refractivity contribution is 5.81. The summed E-state index contributed by atoms with van der Waals surface area (Å²) in [5.74, 6) is 1.55. The third-order valence-corrected chi connectivity index (χ3v) is 5.27. The van der Waals surface area contributed by atoms with E-state index in [9.17, 15) is 4.79 Å². The molecule has 1 aromatic heterocycles. The van der Waals surface area contributed by atoms with Crippen LogP contribution in [0.15, 0.2) is 24.3 Å². The van der Waals surface area contributed by atoms with E-state index in [2.05, 4.69) is 16.5 Å². The van der Waals surface area contributed by atoms with Gasteiger partial charge in [0, 0.05) is 25.4 Å². The molecule has 4 rings (SSSR count). The molecule has 2 fully saturated rings. The molecule has 2 aliphatic rings. The summed E-state index contributed by atoms with van der Waals surface area (Å²) in [5, 5.41) is 0. The van der Waals surface area contributed by atoms with Gasteiger partial charge < -0.3 is 18.9 Å². The van der Waals surface area contributed by atoms with Crippen LogP contribution < -0.4 is 0 Å². The quantitative estimate of drug-likeness (QED) is 0.854. The maximum absolute atomic E-state index is 12.8. The van der Waals surface area contributed by atoms with E-state index in [0.29, 0.717) is 25.7 Å². The second-order valence-electron chi connectivity index (χ2n) is 6.78. The zero-order chi connectivity index (χ0) is 17.2. The molecule has 25 heavy (non-hydrogen) atoms. The van der Waals surface area contributed by atoms with Crippen LogP contribution in [0.25, 0.3) is 11.0 Å². The van der Waals surface area contributed by atoms with E-state index < -0.39 is 0 Å². The summed E-state index contributed by atoms with van der Waals surface area (Å²) in [5.41, 5.74) is 2.00. The Morgan fingerprint density at radius 1 is 1.20 bits per heavy atom. The second kappa shape index (κ2) is 7.14. The van der Waals surface area contributed by atoms with Crippen LogP contribution in [0.1, 0.15) is 25.6 Å². The third kappa shape index (κ3) is 3.28. The van der Waals surface area contributed by atoms with Gasteiger partial charge in [0.05, 0.1) is 24.2 Å². The number of hydrogen-bond donors (Lipinski definition) is 0. The number of rotatable bonds is 4. The first kappa shape index (κ1) is 16.5. The van der Waals surface area contributed by atoms with Crippen molar-refractivity contribution in [3.05, 3.63) is 30.1 Å². The lowest BCUT2D eigenvalue weighted by Crippen LogP contribution is -2.42. The number of amides is 1. The number of imidazole rings is 1. The van der Waals surface area contributed by atoms with Crippen molar-refractivity contribution >= 4 is 16.9 Å². The molecule has 0 unspecified atom stereocenters. The summed E-state index contributed by atoms with van der Waals surface area (Å²) in [7, 11) is 0. The van der Waals surface area contributed by atoms with Gasteiger partial charge in [0.15, 0.2) is 6.29 Å². The fraction of sp³-hybridized carbons (Fsp3) is 0.579. The maximum atomic E-state index is 12.8. The number of ether oxygens (including phenoxy) is 2. The highest BCUT2D eigenvalue weighted by Gasteiger charge is 2.31. The number of aromatic nitrogens is 2. The number of likely N-dealkylation sites (tertiary alicyclic amines) is 1. The first-order valence-corrected chi connectivity index (χ1v) is 9.21. The number of benzene rings is 1. The number of carbonyl (C=O) groups excluding carboxylic acids is 1. The van der Waals surface area contributed by atoms with Gasteiger partial charge in [0.2, 0.25) is 5.91 Å². The molecule has 2 aliphatic heterocycles. The van der Waals surface area contributed by atoms with Crippen LogP contribution in [-0.2, 0) is 27.2 Å². The molecule has 0 aliphatic carbocycles. The molecule has 134 valence electrons. The zero-order valence-corrected chi connectivity index (χ0v) is 14.7. The monoisotopic (exact) mass is 343 g/mol. The number of hydrogen-bond acceptors (Lipinski definition) is 4. The van der Waals surface area contributed by atoms with Gasteiger partial charge in [0.1, 0.15) is 12.4 Å². The van der Waals surface area contributed by atoms with Gasteiger partial charge >= 0.3 is 0 Å². The Labute approximate surface area is 147 Å². The van der Waals surface area contributed by atoms with E-state index in [1.807, 2.05) is 29.2 Å². The van der Waals surface area contributed by atoms with Gasteiger partial charge in [-0.25, -0.2) is 4.98 Å². The normalized spacial score (nSPS) is 19.8. The molecule has 0 atom stereocenters. The van der Waals surface area contributed by atoms with Crippen LogP contribution in [0.4, 0.5) is 0 Å². The van der Waals surface area contributed by atoms with Gasteiger partial charge in [-0.3, -0.25) is 4.79 Å². The van der Waals surface area contributed by atoms with Crippen LogP contribution in [0.3, 0.4) is 0 Å². The predicted molar refractivity (Wildman–Crippen MR) is 94.1 cm³/mol. The lowest BCUT2D eigenvalue weighted by atomic mass is 9.96. The number of piperidine rings is 1. The Kier molecular flexibility index (Phi) is 4.72. The Balaban J connectivity index is 1.43. The van der Waals surface area contributed by atoms with Gasteiger partial charge in [0.25, 0.3) is 0 Å². The van der Waals surface area contributed by atoms with Crippen LogP contribution in [-0.4, -0.2) is 53.0 Å². The molecule has 6 nitrogen and oxygen atoms in total. The topological polar surface area (TPSA) is 56.6 Å². The van der Waals surface area contributed by atoms with E-state index in [-0.39, 0.29) is 12.2 Å². The molecule has 0 N–H and O–H groups in total. The van der Waals surface area contributed by atoms with Gasteiger partial charge in [-0.2, -0.15) is 0 Å². The largest absolute Gasteiger partial charge is 0.350 e. The molecule has 3 heterocycles. The van der Waals surface area contributed by atoms with Gasteiger partial charge in [-0.15, -0.1) is 0 Å². The third-order valence-electron chi connectivity index (χ3n) is 5.27. The van der Waals surface area contributed by atoms with Crippen molar-refractivity contribution in [3.8, 4) is 0 Å². The van der Waals surface area contributed by atoms with E-state index >= 15 is 0 Å². The minimum atomic E-state index is -0.0680. The van der Waals surface area contributed by atoms with Gasteiger partial charge in [-0.1, -0.05) is 19.1 Å². The molecule has 0 radical (unpaired) electrons. The van der Waals surface area contributed by atoms with Crippen LogP contribution in [0.2, 0.25) is 0 Å². The van der Waals surface area contributed by atoms with Crippen molar-refractivity contribution in [1.29, 1.82) is 0 Å². The van der Waals surface area contributed by atoms with E-state index in [0.717, 1.165) is 49.2 Å². The zero-order valence-electron chi connectivity index (χ0n) is 14.7. The minimum Gasteiger partial charge on any atom is -0.350 e. The molecule has 1 aromatic carbocycles. The Morgan fingerprint density at radius 3 is 2.64 bits per heavy atom. The average molecular weight is 343 g/mol. The maximum Gasteiger partial charge on any atom is 0.242 e. The standard InChI is InChI=1S/C19H25N3O3/c1-2-17-20-15-5-3-4-6-16(15)22(17)13-18(23)21-9-7-14(8-10-21)19-24-11-12-25-19/h3-6,14,19H,2,7-13H2,1H3. The molecule has 0 bridgehead atoms. The van der Waals surface area contributed by atoms with Crippen LogP contribution in [0.5, 0.6) is 0 Å². The van der Waals surface area contributed by atoms with E-state index in [4.69, 9.17) is 9.47 Å². The summed E-state index contributed by atoms with van der Waals surface area (Å²) < 4.78 is 13.3. The minimum absolute atomic E-state index is 0.0680. The molecule has 6 heteroatoms. The summed E-state index contributed by atoms with van der Waals surface area (Å²) in [6, 6.07) is 8.02. The Bertz CT molecular complexity index is 743. The van der Waals surface area contributed by atoms with Crippen molar-refractivity contribution in [2.24, 2.45) is 5.92 Å². The second-order valence-corrected chi connectivity index (χ2v) is 6.78. The summed E-state index contributed by atoms with van der Waals surface area (Å²) in [6.07, 6.45) is 2.64. The van der Waals surface area contributed by atoms with Crippen LogP contribution >= 0.6 is 0 Å². The SMILES string of the molecule is CCc1nc2ccccc2n1CC(=O)N1CCC(C2OCCO2)CC1. The molecule has 0 saturated carbocycles. The summed E-state index contributed by atoms with van der Waals surface area (Å²) in [4.78, 5) is 19.4.